The molecule has 134 valence electrons. The summed E-state index contributed by atoms with van der Waals surface area (Å²) in [5.74, 6) is -0.830. The molecule has 2 N–H and O–H groups in total. The first-order chi connectivity index (χ1) is 13.2. The Bertz CT molecular complexity index is 1090. The SMILES string of the molecule is O=C(O)[C@H](Cc1cccc2ccccc12)NCc1cccc2ccccc12. The minimum Gasteiger partial charge on any atom is -0.480 e. The van der Waals surface area contributed by atoms with Gasteiger partial charge in [-0.3, -0.25) is 10.1 Å². The van der Waals surface area contributed by atoms with E-state index in [2.05, 4.69) is 35.6 Å². The van der Waals surface area contributed by atoms with Gasteiger partial charge in [-0.25, -0.2) is 0 Å². The zero-order chi connectivity index (χ0) is 18.6. The molecule has 27 heavy (non-hydrogen) atoms. The Morgan fingerprint density at radius 1 is 0.741 bits per heavy atom. The zero-order valence-corrected chi connectivity index (χ0v) is 14.9. The van der Waals surface area contributed by atoms with Crippen LogP contribution in [0.4, 0.5) is 0 Å². The van der Waals surface area contributed by atoms with Crippen molar-refractivity contribution in [1.82, 2.24) is 5.32 Å². The monoisotopic (exact) mass is 355 g/mol. The van der Waals surface area contributed by atoms with Crippen molar-refractivity contribution in [3.8, 4) is 0 Å². The van der Waals surface area contributed by atoms with Gasteiger partial charge >= 0.3 is 5.97 Å². The Morgan fingerprint density at radius 2 is 1.26 bits per heavy atom. The second kappa shape index (κ2) is 7.60. The lowest BCUT2D eigenvalue weighted by molar-refractivity contribution is -0.139. The minimum absolute atomic E-state index is 0.446. The van der Waals surface area contributed by atoms with E-state index < -0.39 is 12.0 Å². The van der Waals surface area contributed by atoms with Gasteiger partial charge in [0.05, 0.1) is 0 Å². The summed E-state index contributed by atoms with van der Waals surface area (Å²) in [6, 6.07) is 27.8. The van der Waals surface area contributed by atoms with Gasteiger partial charge in [0.25, 0.3) is 0 Å². The Kier molecular flexibility index (Phi) is 4.86. The van der Waals surface area contributed by atoms with Crippen molar-refractivity contribution in [3.63, 3.8) is 0 Å². The lowest BCUT2D eigenvalue weighted by atomic mass is 9.98. The molecule has 0 saturated carbocycles. The van der Waals surface area contributed by atoms with Crippen LogP contribution in [0, 0.1) is 0 Å². The van der Waals surface area contributed by atoms with Crippen LogP contribution in [0.1, 0.15) is 11.1 Å². The molecule has 0 fully saturated rings. The van der Waals surface area contributed by atoms with Crippen molar-refractivity contribution in [1.29, 1.82) is 0 Å². The fourth-order valence-corrected chi connectivity index (χ4v) is 3.62. The number of fused-ring (bicyclic) bond motifs is 2. The molecule has 0 radical (unpaired) electrons. The minimum atomic E-state index is -0.830. The molecule has 0 aromatic heterocycles. The summed E-state index contributed by atoms with van der Waals surface area (Å²) < 4.78 is 0. The predicted octanol–water partition coefficient (Wildman–Crippen LogP) is 4.78. The van der Waals surface area contributed by atoms with Crippen molar-refractivity contribution >= 4 is 27.5 Å². The number of hydrogen-bond acceptors (Lipinski definition) is 2. The highest BCUT2D eigenvalue weighted by molar-refractivity contribution is 5.87. The smallest absolute Gasteiger partial charge is 0.321 e. The predicted molar refractivity (Wildman–Crippen MR) is 110 cm³/mol. The van der Waals surface area contributed by atoms with Crippen LogP contribution < -0.4 is 5.32 Å². The number of carboxylic acid groups (broad SMARTS) is 1. The van der Waals surface area contributed by atoms with Crippen LogP contribution in [0.2, 0.25) is 0 Å². The van der Waals surface area contributed by atoms with Crippen molar-refractivity contribution in [2.75, 3.05) is 0 Å². The van der Waals surface area contributed by atoms with Crippen LogP contribution in [0.3, 0.4) is 0 Å². The maximum absolute atomic E-state index is 11.9. The number of aliphatic carboxylic acids is 1. The summed E-state index contributed by atoms with van der Waals surface area (Å²) in [6.45, 7) is 0.517. The molecule has 1 atom stereocenters. The maximum Gasteiger partial charge on any atom is 0.321 e. The van der Waals surface area contributed by atoms with Crippen LogP contribution in [-0.2, 0) is 17.8 Å². The fourth-order valence-electron chi connectivity index (χ4n) is 3.62. The van der Waals surface area contributed by atoms with Gasteiger partial charge in [0.1, 0.15) is 6.04 Å². The Morgan fingerprint density at radius 3 is 1.89 bits per heavy atom. The summed E-state index contributed by atoms with van der Waals surface area (Å²) in [6.07, 6.45) is 0.446. The van der Waals surface area contributed by atoms with Crippen molar-refractivity contribution < 1.29 is 9.90 Å². The third-order valence-electron chi connectivity index (χ3n) is 5.02. The van der Waals surface area contributed by atoms with E-state index in [0.717, 1.165) is 32.7 Å². The van der Waals surface area contributed by atoms with Crippen LogP contribution in [-0.4, -0.2) is 17.1 Å². The molecular formula is C24H21NO2. The fraction of sp³-hybridized carbons (Fsp3) is 0.125. The van der Waals surface area contributed by atoms with E-state index in [0.29, 0.717) is 13.0 Å². The first kappa shape index (κ1) is 17.3. The Balaban J connectivity index is 1.57. The summed E-state index contributed by atoms with van der Waals surface area (Å²) in [7, 11) is 0. The van der Waals surface area contributed by atoms with Gasteiger partial charge in [-0.2, -0.15) is 0 Å². The van der Waals surface area contributed by atoms with Gasteiger partial charge < -0.3 is 5.11 Å². The standard InChI is InChI=1S/C24H21NO2/c26-24(27)23(15-19-11-5-9-17-7-1-3-13-21(17)19)25-16-20-12-6-10-18-8-2-4-14-22(18)20/h1-14,23,25H,15-16H2,(H,26,27)/t23-/m0/s1. The van der Waals surface area contributed by atoms with Gasteiger partial charge in [0, 0.05) is 6.54 Å². The molecule has 0 saturated heterocycles. The largest absolute Gasteiger partial charge is 0.480 e. The number of carbonyl (C=O) groups is 1. The molecular weight excluding hydrogens is 334 g/mol. The second-order valence-corrected chi connectivity index (χ2v) is 6.75. The van der Waals surface area contributed by atoms with E-state index in [9.17, 15) is 9.90 Å². The van der Waals surface area contributed by atoms with E-state index in [-0.39, 0.29) is 0 Å². The number of carboxylic acids is 1. The van der Waals surface area contributed by atoms with E-state index in [1.807, 2.05) is 54.6 Å². The van der Waals surface area contributed by atoms with Crippen molar-refractivity contribution in [3.05, 3.63) is 96.1 Å². The molecule has 3 heteroatoms. The van der Waals surface area contributed by atoms with Crippen LogP contribution in [0.5, 0.6) is 0 Å². The molecule has 4 aromatic carbocycles. The third kappa shape index (κ3) is 3.69. The normalized spacial score (nSPS) is 12.3. The molecule has 4 rings (SSSR count). The molecule has 0 heterocycles. The molecule has 0 aliphatic heterocycles. The van der Waals surface area contributed by atoms with E-state index in [1.54, 1.807) is 0 Å². The van der Waals surface area contributed by atoms with Gasteiger partial charge in [-0.1, -0.05) is 84.9 Å². The molecule has 0 amide bonds. The number of hydrogen-bond donors (Lipinski definition) is 2. The topological polar surface area (TPSA) is 49.3 Å². The average Bonchev–Trinajstić information content (AvgIpc) is 2.71. The maximum atomic E-state index is 11.9. The molecule has 3 nitrogen and oxygen atoms in total. The van der Waals surface area contributed by atoms with Crippen molar-refractivity contribution in [2.24, 2.45) is 0 Å². The first-order valence-corrected chi connectivity index (χ1v) is 9.12. The molecule has 0 bridgehead atoms. The second-order valence-electron chi connectivity index (χ2n) is 6.75. The van der Waals surface area contributed by atoms with Crippen molar-refractivity contribution in [2.45, 2.75) is 19.0 Å². The Hall–Kier alpha value is -3.17. The quantitative estimate of drug-likeness (QED) is 0.523. The van der Waals surface area contributed by atoms with Crippen LogP contribution in [0.15, 0.2) is 84.9 Å². The molecule has 0 aliphatic carbocycles. The van der Waals surface area contributed by atoms with E-state index in [1.165, 1.54) is 0 Å². The molecule has 4 aromatic rings. The Labute approximate surface area is 158 Å². The highest BCUT2D eigenvalue weighted by Crippen LogP contribution is 2.21. The van der Waals surface area contributed by atoms with Gasteiger partial charge in [-0.15, -0.1) is 0 Å². The van der Waals surface area contributed by atoms with E-state index >= 15 is 0 Å². The number of nitrogens with one attached hydrogen (secondary N) is 1. The zero-order valence-electron chi connectivity index (χ0n) is 14.9. The lowest BCUT2D eigenvalue weighted by Crippen LogP contribution is -2.38. The van der Waals surface area contributed by atoms with Gasteiger partial charge in [-0.05, 0) is 39.1 Å². The summed E-state index contributed by atoms with van der Waals surface area (Å²) in [5, 5.41) is 17.5. The lowest BCUT2D eigenvalue weighted by Gasteiger charge is -2.17. The first-order valence-electron chi connectivity index (χ1n) is 9.12. The number of benzene rings is 4. The molecule has 0 spiro atoms. The summed E-state index contributed by atoms with van der Waals surface area (Å²) in [5.41, 5.74) is 2.16. The number of rotatable bonds is 6. The van der Waals surface area contributed by atoms with Gasteiger partial charge in [0.15, 0.2) is 0 Å². The van der Waals surface area contributed by atoms with Crippen LogP contribution in [0.25, 0.3) is 21.5 Å². The summed E-state index contributed by atoms with van der Waals surface area (Å²) >= 11 is 0. The van der Waals surface area contributed by atoms with Gasteiger partial charge in [0.2, 0.25) is 0 Å². The summed E-state index contributed by atoms with van der Waals surface area (Å²) in [4.78, 5) is 11.9. The molecule has 0 unspecified atom stereocenters. The third-order valence-corrected chi connectivity index (χ3v) is 5.02. The highest BCUT2D eigenvalue weighted by atomic mass is 16.4. The molecule has 0 aliphatic rings. The van der Waals surface area contributed by atoms with E-state index in [4.69, 9.17) is 0 Å². The van der Waals surface area contributed by atoms with Crippen LogP contribution >= 0.6 is 0 Å². The highest BCUT2D eigenvalue weighted by Gasteiger charge is 2.18. The average molecular weight is 355 g/mol.